The van der Waals surface area contributed by atoms with E-state index in [0.29, 0.717) is 42.2 Å². The Kier molecular flexibility index (Phi) is 8.73. The first-order valence-electron chi connectivity index (χ1n) is 11.8. The second-order valence-electron chi connectivity index (χ2n) is 9.67. The average Bonchev–Trinajstić information content (AvgIpc) is 2.86. The van der Waals surface area contributed by atoms with Gasteiger partial charge in [-0.05, 0) is 75.6 Å². The molecule has 1 aliphatic rings. The lowest BCUT2D eigenvalue weighted by Gasteiger charge is -2.39. The number of benzene rings is 2. The molecule has 1 unspecified atom stereocenters. The summed E-state index contributed by atoms with van der Waals surface area (Å²) in [7, 11) is 0.689. The number of carbonyl (C=O) groups is 1. The highest BCUT2D eigenvalue weighted by atomic mass is 32.2. The van der Waals surface area contributed by atoms with Gasteiger partial charge in [0.25, 0.3) is 0 Å². The maximum absolute atomic E-state index is 13.9. The molecule has 0 saturated carbocycles. The SMILES string of the molecule is COc1ccc(S(=O)(=O)N(Cc2cc(OC)cc(OC)c2)C2CCCN(C(=O)OC(C)(C)C)C2)cc1. The van der Waals surface area contributed by atoms with Gasteiger partial charge in [-0.2, -0.15) is 4.31 Å². The normalized spacial score (nSPS) is 16.5. The summed E-state index contributed by atoms with van der Waals surface area (Å²) in [6.45, 7) is 6.24. The lowest BCUT2D eigenvalue weighted by Crippen LogP contribution is -2.52. The maximum Gasteiger partial charge on any atom is 0.410 e. The average molecular weight is 521 g/mol. The molecule has 1 fully saturated rings. The Morgan fingerprint density at radius 3 is 2.08 bits per heavy atom. The molecule has 1 heterocycles. The summed E-state index contributed by atoms with van der Waals surface area (Å²) >= 11 is 0. The number of methoxy groups -OCH3 is 3. The molecule has 0 aromatic heterocycles. The Bertz CT molecular complexity index is 1120. The van der Waals surface area contributed by atoms with E-state index < -0.39 is 27.8 Å². The number of amides is 1. The first kappa shape index (κ1) is 27.6. The summed E-state index contributed by atoms with van der Waals surface area (Å²) in [6, 6.07) is 11.2. The number of nitrogens with zero attached hydrogens (tertiary/aromatic N) is 2. The van der Waals surface area contributed by atoms with Crippen LogP contribution in [0, 0.1) is 0 Å². The van der Waals surface area contributed by atoms with Crippen molar-refractivity contribution < 1.29 is 32.2 Å². The van der Waals surface area contributed by atoms with Crippen LogP contribution in [0.3, 0.4) is 0 Å². The molecular formula is C26H36N2O7S. The number of likely N-dealkylation sites (tertiary alicyclic amines) is 1. The zero-order valence-corrected chi connectivity index (χ0v) is 22.6. The number of sulfonamides is 1. The Balaban J connectivity index is 1.98. The van der Waals surface area contributed by atoms with E-state index in [1.807, 2.05) is 20.8 Å². The Hall–Kier alpha value is -2.98. The van der Waals surface area contributed by atoms with E-state index in [9.17, 15) is 13.2 Å². The van der Waals surface area contributed by atoms with Gasteiger partial charge in [-0.1, -0.05) is 0 Å². The van der Waals surface area contributed by atoms with E-state index in [1.54, 1.807) is 49.5 Å². The number of rotatable bonds is 8. The molecule has 1 atom stereocenters. The first-order valence-corrected chi connectivity index (χ1v) is 13.3. The number of ether oxygens (including phenoxy) is 4. The molecule has 3 rings (SSSR count). The van der Waals surface area contributed by atoms with Crippen LogP contribution in [0.2, 0.25) is 0 Å². The van der Waals surface area contributed by atoms with Crippen molar-refractivity contribution in [3.05, 3.63) is 48.0 Å². The lowest BCUT2D eigenvalue weighted by molar-refractivity contribution is 0.0152. The smallest absolute Gasteiger partial charge is 0.410 e. The molecule has 36 heavy (non-hydrogen) atoms. The fourth-order valence-corrected chi connectivity index (χ4v) is 5.75. The molecule has 1 aliphatic heterocycles. The monoisotopic (exact) mass is 520 g/mol. The van der Waals surface area contributed by atoms with Crippen molar-refractivity contribution in [3.63, 3.8) is 0 Å². The quantitative estimate of drug-likeness (QED) is 0.512. The number of hydrogen-bond donors (Lipinski definition) is 0. The largest absolute Gasteiger partial charge is 0.497 e. The van der Waals surface area contributed by atoms with Crippen LogP contribution in [0.15, 0.2) is 47.4 Å². The third kappa shape index (κ3) is 6.82. The van der Waals surface area contributed by atoms with Crippen molar-refractivity contribution in [1.29, 1.82) is 0 Å². The third-order valence-corrected chi connectivity index (χ3v) is 7.78. The van der Waals surface area contributed by atoms with E-state index in [1.165, 1.54) is 23.5 Å². The fraction of sp³-hybridized carbons (Fsp3) is 0.500. The maximum atomic E-state index is 13.9. The van der Waals surface area contributed by atoms with Gasteiger partial charge in [0.05, 0.1) is 26.2 Å². The minimum absolute atomic E-state index is 0.0781. The highest BCUT2D eigenvalue weighted by molar-refractivity contribution is 7.89. The van der Waals surface area contributed by atoms with E-state index in [-0.39, 0.29) is 18.0 Å². The fourth-order valence-electron chi connectivity index (χ4n) is 4.11. The van der Waals surface area contributed by atoms with E-state index in [0.717, 1.165) is 0 Å². The Labute approximate surface area is 213 Å². The number of hydrogen-bond acceptors (Lipinski definition) is 7. The van der Waals surface area contributed by atoms with Crippen molar-refractivity contribution in [2.45, 2.75) is 56.7 Å². The first-order chi connectivity index (χ1) is 17.0. The summed E-state index contributed by atoms with van der Waals surface area (Å²) in [5, 5.41) is 0. The van der Waals surface area contributed by atoms with Crippen LogP contribution in [0.4, 0.5) is 4.79 Å². The molecule has 0 aliphatic carbocycles. The van der Waals surface area contributed by atoms with Crippen LogP contribution >= 0.6 is 0 Å². The predicted octanol–water partition coefficient (Wildman–Crippen LogP) is 4.30. The summed E-state index contributed by atoms with van der Waals surface area (Å²) in [5.41, 5.74) is 0.0634. The molecule has 0 bridgehead atoms. The van der Waals surface area contributed by atoms with Gasteiger partial charge in [-0.3, -0.25) is 0 Å². The van der Waals surface area contributed by atoms with Crippen LogP contribution in [0.5, 0.6) is 17.2 Å². The van der Waals surface area contributed by atoms with E-state index in [4.69, 9.17) is 18.9 Å². The molecule has 2 aromatic carbocycles. The number of piperidine rings is 1. The zero-order valence-electron chi connectivity index (χ0n) is 21.8. The van der Waals surface area contributed by atoms with Gasteiger partial charge >= 0.3 is 6.09 Å². The minimum Gasteiger partial charge on any atom is -0.497 e. The molecule has 10 heteroatoms. The molecule has 0 N–H and O–H groups in total. The van der Waals surface area contributed by atoms with Gasteiger partial charge in [0.15, 0.2) is 0 Å². The van der Waals surface area contributed by atoms with Crippen molar-refractivity contribution in [3.8, 4) is 17.2 Å². The van der Waals surface area contributed by atoms with Crippen molar-refractivity contribution in [1.82, 2.24) is 9.21 Å². The summed E-state index contributed by atoms with van der Waals surface area (Å²) in [5.74, 6) is 1.68. The van der Waals surface area contributed by atoms with Gasteiger partial charge in [0.2, 0.25) is 10.0 Å². The van der Waals surface area contributed by atoms with Crippen LogP contribution in [0.1, 0.15) is 39.2 Å². The van der Waals surface area contributed by atoms with Gasteiger partial charge < -0.3 is 23.8 Å². The molecule has 198 valence electrons. The predicted molar refractivity (Wildman–Crippen MR) is 136 cm³/mol. The van der Waals surface area contributed by atoms with Crippen LogP contribution < -0.4 is 14.2 Å². The topological polar surface area (TPSA) is 94.6 Å². The van der Waals surface area contributed by atoms with Crippen LogP contribution in [-0.2, 0) is 21.3 Å². The van der Waals surface area contributed by atoms with Crippen molar-refractivity contribution in [2.75, 3.05) is 34.4 Å². The molecular weight excluding hydrogens is 484 g/mol. The zero-order chi connectivity index (χ0) is 26.5. The van der Waals surface area contributed by atoms with Crippen LogP contribution in [-0.4, -0.2) is 69.8 Å². The number of carbonyl (C=O) groups excluding carboxylic acids is 1. The van der Waals surface area contributed by atoms with Gasteiger partial charge in [-0.15, -0.1) is 0 Å². The lowest BCUT2D eigenvalue weighted by atomic mass is 10.1. The summed E-state index contributed by atoms with van der Waals surface area (Å²) in [6.07, 6.45) is 0.813. The second kappa shape index (κ2) is 11.4. The van der Waals surface area contributed by atoms with E-state index >= 15 is 0 Å². The molecule has 0 spiro atoms. The molecule has 2 aromatic rings. The second-order valence-corrected chi connectivity index (χ2v) is 11.6. The molecule has 1 saturated heterocycles. The van der Waals surface area contributed by atoms with Crippen molar-refractivity contribution >= 4 is 16.1 Å². The van der Waals surface area contributed by atoms with Gasteiger partial charge in [0, 0.05) is 31.7 Å². The summed E-state index contributed by atoms with van der Waals surface area (Å²) < 4.78 is 50.8. The molecule has 0 radical (unpaired) electrons. The Morgan fingerprint density at radius 2 is 1.56 bits per heavy atom. The Morgan fingerprint density at radius 1 is 0.972 bits per heavy atom. The van der Waals surface area contributed by atoms with Crippen LogP contribution in [0.25, 0.3) is 0 Å². The molecule has 1 amide bonds. The van der Waals surface area contributed by atoms with E-state index in [2.05, 4.69) is 0 Å². The standard InChI is InChI=1S/C26H36N2O7S/c1-26(2,3)35-25(29)27-13-7-8-20(18-27)28(17-19-14-22(33-5)16-23(15-19)34-6)36(30,31)24-11-9-21(32-4)10-12-24/h9-12,14-16,20H,7-8,13,17-18H2,1-6H3. The van der Waals surface area contributed by atoms with Crippen molar-refractivity contribution in [2.24, 2.45) is 0 Å². The third-order valence-electron chi connectivity index (χ3n) is 5.87. The highest BCUT2D eigenvalue weighted by Gasteiger charge is 2.37. The highest BCUT2D eigenvalue weighted by Crippen LogP contribution is 2.30. The summed E-state index contributed by atoms with van der Waals surface area (Å²) in [4.78, 5) is 14.5. The van der Waals surface area contributed by atoms with Gasteiger partial charge in [0.1, 0.15) is 22.8 Å². The van der Waals surface area contributed by atoms with Gasteiger partial charge in [-0.25, -0.2) is 13.2 Å². The molecule has 9 nitrogen and oxygen atoms in total. The minimum atomic E-state index is -3.93.